The van der Waals surface area contributed by atoms with Crippen molar-refractivity contribution >= 4 is 35.0 Å². The maximum atomic E-state index is 15.8. The van der Waals surface area contributed by atoms with Crippen molar-refractivity contribution in [1.82, 2.24) is 10.6 Å². The second-order valence-corrected chi connectivity index (χ2v) is 23.3. The number of carbonyl (C=O) groups is 2. The van der Waals surface area contributed by atoms with Crippen molar-refractivity contribution in [3.8, 4) is 45.3 Å². The van der Waals surface area contributed by atoms with Crippen LogP contribution in [0.15, 0.2) is 97.1 Å². The van der Waals surface area contributed by atoms with Crippen LogP contribution < -0.4 is 41.0 Å². The van der Waals surface area contributed by atoms with Gasteiger partial charge in [-0.15, -0.1) is 0 Å². The van der Waals surface area contributed by atoms with Crippen LogP contribution in [0.5, 0.6) is 23.0 Å². The van der Waals surface area contributed by atoms with E-state index in [1.54, 1.807) is 0 Å². The normalized spacial score (nSPS) is 26.3. The van der Waals surface area contributed by atoms with E-state index in [1.807, 2.05) is 60.7 Å². The Labute approximate surface area is 475 Å². The summed E-state index contributed by atoms with van der Waals surface area (Å²) in [6.07, 6.45) is 6.54. The third-order valence-corrected chi connectivity index (χ3v) is 17.9. The molecule has 6 aliphatic rings. The van der Waals surface area contributed by atoms with E-state index in [0.717, 1.165) is 98.9 Å². The van der Waals surface area contributed by atoms with Gasteiger partial charge in [-0.05, 0) is 97.6 Å². The highest BCUT2D eigenvalue weighted by Gasteiger charge is 2.55. The lowest BCUT2D eigenvalue weighted by Gasteiger charge is -2.57. The lowest BCUT2D eigenvalue weighted by atomic mass is 9.53. The zero-order chi connectivity index (χ0) is 58.2. The van der Waals surface area contributed by atoms with E-state index in [1.165, 1.54) is 0 Å². The molecule has 22 heteroatoms. The van der Waals surface area contributed by atoms with Crippen LogP contribution in [-0.4, -0.2) is 72.6 Å². The summed E-state index contributed by atoms with van der Waals surface area (Å²) in [6.45, 7) is -6.07. The van der Waals surface area contributed by atoms with Crippen LogP contribution in [0.4, 0.5) is 35.1 Å². The molecule has 2 atom stereocenters. The molecule has 12 nitrogen and oxygen atoms in total. The second-order valence-electron chi connectivity index (χ2n) is 22.5. The molecule has 12 rings (SSSR count). The van der Waals surface area contributed by atoms with Gasteiger partial charge in [-0.1, -0.05) is 83.9 Å². The molecule has 2 heterocycles. The van der Waals surface area contributed by atoms with Crippen LogP contribution in [0.25, 0.3) is 22.3 Å². The molecular formula is C60H54Cl2F8N4O8. The number of amides is 2. The molecule has 82 heavy (non-hydrogen) atoms. The standard InChI is InChI=1S/2C30H27ClF4N2O4/c2*31-25-20(32)8-22-19(23(25)24-18(27(36)39)6-7-21(26(24)33)40-28(34)35)13-30(41-22,15-4-2-1-3-5-15)14-37-16-9-29(10-16)11-17(38)12-29/h2*1-8,16-17,28,37-38H,9-14H2,(H2,36,39)/t2*16?,17?,29?,30-/m11/s1. The fourth-order valence-electron chi connectivity index (χ4n) is 13.4. The minimum absolute atomic E-state index is 0.0785. The van der Waals surface area contributed by atoms with Crippen molar-refractivity contribution in [2.75, 3.05) is 13.1 Å². The summed E-state index contributed by atoms with van der Waals surface area (Å²) in [5.41, 5.74) is 9.12. The number of alkyl halides is 4. The van der Waals surface area contributed by atoms with Crippen LogP contribution in [-0.2, 0) is 24.0 Å². The number of carbonyl (C=O) groups excluding carboxylic acids is 2. The molecule has 0 saturated heterocycles. The number of benzene rings is 6. The van der Waals surface area contributed by atoms with Gasteiger partial charge in [0.2, 0.25) is 11.8 Å². The minimum Gasteiger partial charge on any atom is -0.480 e. The first-order chi connectivity index (χ1) is 39.0. The first-order valence-electron chi connectivity index (χ1n) is 26.5. The van der Waals surface area contributed by atoms with E-state index in [4.69, 9.17) is 44.1 Å². The molecule has 6 aromatic carbocycles. The van der Waals surface area contributed by atoms with Crippen LogP contribution in [0.3, 0.4) is 0 Å². The molecule has 2 spiro atoms. The van der Waals surface area contributed by atoms with Crippen molar-refractivity contribution in [2.24, 2.45) is 22.3 Å². The van der Waals surface area contributed by atoms with Gasteiger partial charge in [0.05, 0.1) is 33.4 Å². The van der Waals surface area contributed by atoms with Gasteiger partial charge in [0.25, 0.3) is 0 Å². The van der Waals surface area contributed by atoms with Gasteiger partial charge in [-0.2, -0.15) is 17.6 Å². The molecule has 6 aromatic rings. The van der Waals surface area contributed by atoms with E-state index in [-0.39, 0.29) is 81.7 Å². The van der Waals surface area contributed by atoms with Crippen LogP contribution in [0.2, 0.25) is 10.0 Å². The molecule has 4 fully saturated rings. The number of ether oxygens (including phenoxy) is 4. The number of nitrogens with two attached hydrogens (primary N) is 2. The number of rotatable bonds is 16. The summed E-state index contributed by atoms with van der Waals surface area (Å²) in [5, 5.41) is 25.6. The molecule has 0 unspecified atom stereocenters. The molecule has 2 amide bonds. The number of fused-ring (bicyclic) bond motifs is 2. The molecule has 0 bridgehead atoms. The molecule has 4 aliphatic carbocycles. The summed E-state index contributed by atoms with van der Waals surface area (Å²) in [4.78, 5) is 24.6. The number of aliphatic hydroxyl groups is 2. The molecule has 4 saturated carbocycles. The monoisotopic (exact) mass is 1180 g/mol. The number of halogens is 10. The van der Waals surface area contributed by atoms with Gasteiger partial charge in [0.1, 0.15) is 23.1 Å². The van der Waals surface area contributed by atoms with Crippen LogP contribution >= 0.6 is 23.2 Å². The fraction of sp³-hybridized carbons (Fsp3) is 0.367. The molecule has 2 aliphatic heterocycles. The van der Waals surface area contributed by atoms with Crippen molar-refractivity contribution in [3.05, 3.63) is 164 Å². The largest absolute Gasteiger partial charge is 0.480 e. The predicted molar refractivity (Wildman–Crippen MR) is 286 cm³/mol. The van der Waals surface area contributed by atoms with E-state index >= 15 is 17.6 Å². The molecule has 432 valence electrons. The topological polar surface area (TPSA) is 188 Å². The predicted octanol–water partition coefficient (Wildman–Crippen LogP) is 11.4. The van der Waals surface area contributed by atoms with Crippen molar-refractivity contribution in [1.29, 1.82) is 0 Å². The molecular weight excluding hydrogens is 1130 g/mol. The summed E-state index contributed by atoms with van der Waals surface area (Å²) >= 11 is 12.8. The van der Waals surface area contributed by atoms with Gasteiger partial charge < -0.3 is 51.3 Å². The summed E-state index contributed by atoms with van der Waals surface area (Å²) in [6, 6.07) is 24.9. The molecule has 8 N–H and O–H groups in total. The minimum atomic E-state index is -3.35. The number of primary amides is 2. The van der Waals surface area contributed by atoms with Crippen LogP contribution in [0, 0.1) is 34.1 Å². The number of hydrogen-bond donors (Lipinski definition) is 6. The van der Waals surface area contributed by atoms with E-state index < -0.39 is 92.2 Å². The fourth-order valence-corrected chi connectivity index (χ4v) is 13.9. The summed E-state index contributed by atoms with van der Waals surface area (Å²) in [5.74, 6) is -8.20. The number of nitrogens with one attached hydrogen (secondary N) is 2. The molecule has 0 aromatic heterocycles. The Bertz CT molecular complexity index is 3240. The number of aliphatic hydroxyl groups excluding tert-OH is 2. The number of hydrogen-bond acceptors (Lipinski definition) is 10. The average molecular weight is 1180 g/mol. The Balaban J connectivity index is 0.000000172. The highest BCUT2D eigenvalue weighted by Crippen LogP contribution is 2.58. The quantitative estimate of drug-likeness (QED) is 0.0509. The van der Waals surface area contributed by atoms with E-state index in [2.05, 4.69) is 20.1 Å². The lowest BCUT2D eigenvalue weighted by Crippen LogP contribution is -2.58. The summed E-state index contributed by atoms with van der Waals surface area (Å²) < 4.78 is 136. The van der Waals surface area contributed by atoms with Gasteiger partial charge in [0.15, 0.2) is 34.3 Å². The van der Waals surface area contributed by atoms with E-state index in [0.29, 0.717) is 24.2 Å². The third-order valence-electron chi connectivity index (χ3n) is 17.1. The highest BCUT2D eigenvalue weighted by atomic mass is 35.5. The van der Waals surface area contributed by atoms with E-state index in [9.17, 15) is 37.4 Å². The van der Waals surface area contributed by atoms with Crippen molar-refractivity contribution in [3.63, 3.8) is 0 Å². The summed E-state index contributed by atoms with van der Waals surface area (Å²) in [7, 11) is 0. The van der Waals surface area contributed by atoms with Crippen LogP contribution in [0.1, 0.15) is 94.3 Å². The SMILES string of the molecule is NC(=O)c1ccc(OC(F)F)c(F)c1-c1c(Cl)c(F)cc2c1C[C@@](CNC1CC3(CC(O)C3)C1)(c1ccccc1)O2.NC(=O)c1ccc(OC(F)F)c(F)c1-c1c(Cl)c(F)cc2c1C[C@@](CNC1CC3(CC(O)C3)C1)(c1ccccc1)O2. The van der Waals surface area contributed by atoms with Crippen molar-refractivity contribution < 1.29 is 73.9 Å². The molecule has 0 radical (unpaired) electrons. The Kier molecular flexibility index (Phi) is 15.2. The zero-order valence-corrected chi connectivity index (χ0v) is 45.0. The smallest absolute Gasteiger partial charge is 0.387 e. The first-order valence-corrected chi connectivity index (χ1v) is 27.3. The zero-order valence-electron chi connectivity index (χ0n) is 43.5. The van der Waals surface area contributed by atoms with Gasteiger partial charge in [0, 0.05) is 83.5 Å². The maximum absolute atomic E-state index is 15.8. The van der Waals surface area contributed by atoms with Gasteiger partial charge in [-0.25, -0.2) is 17.6 Å². The van der Waals surface area contributed by atoms with Gasteiger partial charge in [-0.3, -0.25) is 9.59 Å². The highest BCUT2D eigenvalue weighted by molar-refractivity contribution is 6.34. The second kappa shape index (κ2) is 21.8. The first kappa shape index (κ1) is 57.2. The Morgan fingerprint density at radius 3 is 1.23 bits per heavy atom. The Morgan fingerprint density at radius 2 is 0.915 bits per heavy atom. The Hall–Kier alpha value is -6.68. The maximum Gasteiger partial charge on any atom is 0.387 e. The van der Waals surface area contributed by atoms with Crippen molar-refractivity contribution in [2.45, 2.75) is 113 Å². The third kappa shape index (κ3) is 10.5. The Morgan fingerprint density at radius 1 is 0.561 bits per heavy atom. The average Bonchev–Trinajstić information content (AvgIpc) is 4.11. The lowest BCUT2D eigenvalue weighted by molar-refractivity contribution is -0.0995. The van der Waals surface area contributed by atoms with Gasteiger partial charge >= 0.3 is 13.2 Å².